The number of esters is 1. The van der Waals surface area contributed by atoms with Crippen molar-refractivity contribution < 1.29 is 19.4 Å². The summed E-state index contributed by atoms with van der Waals surface area (Å²) in [5, 5.41) is 10.6. The summed E-state index contributed by atoms with van der Waals surface area (Å²) in [4.78, 5) is 24.9. The Labute approximate surface area is 154 Å². The molecule has 3 heterocycles. The Morgan fingerprint density at radius 3 is 2.81 bits per heavy atom. The lowest BCUT2D eigenvalue weighted by atomic mass is 10.1. The van der Waals surface area contributed by atoms with Gasteiger partial charge in [0, 0.05) is 0 Å². The number of aliphatic hydroxyl groups is 1. The number of nitrogens with two attached hydrogens (primary N) is 1. The monoisotopic (exact) mass is 369 g/mol. The molecule has 2 aromatic heterocycles. The van der Waals surface area contributed by atoms with E-state index < -0.39 is 30.5 Å². The Kier molecular flexibility index (Phi) is 4.46. The fourth-order valence-corrected chi connectivity index (χ4v) is 3.23. The molecule has 1 unspecified atom stereocenters. The molecule has 9 heteroatoms. The number of fused-ring (bicyclic) bond motifs is 1. The van der Waals surface area contributed by atoms with Gasteiger partial charge in [0.2, 0.25) is 0 Å². The molecular formula is C18H19N5O4. The van der Waals surface area contributed by atoms with Gasteiger partial charge in [0.25, 0.3) is 0 Å². The molecule has 0 saturated carbocycles. The molecule has 0 amide bonds. The van der Waals surface area contributed by atoms with Crippen molar-refractivity contribution in [2.45, 2.75) is 37.9 Å². The molecular weight excluding hydrogens is 350 g/mol. The molecule has 9 nitrogen and oxygen atoms in total. The predicted octanol–water partition coefficient (Wildman–Crippen LogP) is 1.30. The van der Waals surface area contributed by atoms with Crippen LogP contribution in [0.25, 0.3) is 11.2 Å². The predicted molar refractivity (Wildman–Crippen MR) is 95.6 cm³/mol. The second kappa shape index (κ2) is 6.93. The van der Waals surface area contributed by atoms with E-state index in [1.807, 2.05) is 13.0 Å². The molecule has 27 heavy (non-hydrogen) atoms. The maximum atomic E-state index is 12.5. The van der Waals surface area contributed by atoms with Crippen LogP contribution in [-0.4, -0.2) is 48.9 Å². The summed E-state index contributed by atoms with van der Waals surface area (Å²) >= 11 is 0. The van der Waals surface area contributed by atoms with E-state index in [0.29, 0.717) is 23.1 Å². The number of hydrogen-bond acceptors (Lipinski definition) is 8. The van der Waals surface area contributed by atoms with Gasteiger partial charge >= 0.3 is 5.97 Å². The van der Waals surface area contributed by atoms with Gasteiger partial charge in [0.05, 0.1) is 18.0 Å². The van der Waals surface area contributed by atoms with E-state index in [-0.39, 0.29) is 5.82 Å². The van der Waals surface area contributed by atoms with Crippen molar-refractivity contribution in [3.05, 3.63) is 48.5 Å². The summed E-state index contributed by atoms with van der Waals surface area (Å²) in [5.74, 6) is -0.300. The second-order valence-electron chi connectivity index (χ2n) is 6.28. The van der Waals surface area contributed by atoms with Gasteiger partial charge in [0.1, 0.15) is 17.9 Å². The number of benzene rings is 1. The Morgan fingerprint density at radius 2 is 2.07 bits per heavy atom. The Balaban J connectivity index is 1.69. The van der Waals surface area contributed by atoms with E-state index in [1.54, 1.807) is 28.8 Å². The molecule has 0 bridgehead atoms. The lowest BCUT2D eigenvalue weighted by Gasteiger charge is -2.22. The minimum atomic E-state index is -0.982. The number of carbonyl (C=O) groups is 1. The first-order chi connectivity index (χ1) is 13.1. The highest BCUT2D eigenvalue weighted by molar-refractivity contribution is 5.89. The second-order valence-corrected chi connectivity index (χ2v) is 6.28. The third-order valence-corrected chi connectivity index (χ3v) is 4.63. The third kappa shape index (κ3) is 3.00. The van der Waals surface area contributed by atoms with Gasteiger partial charge in [-0.1, -0.05) is 25.1 Å². The summed E-state index contributed by atoms with van der Waals surface area (Å²) in [6.45, 7) is 1.89. The van der Waals surface area contributed by atoms with Gasteiger partial charge in [-0.25, -0.2) is 19.7 Å². The van der Waals surface area contributed by atoms with Crippen molar-refractivity contribution in [3.63, 3.8) is 0 Å². The van der Waals surface area contributed by atoms with Crippen molar-refractivity contribution in [3.8, 4) is 0 Å². The molecule has 1 aromatic carbocycles. The highest BCUT2D eigenvalue weighted by Gasteiger charge is 2.47. The highest BCUT2D eigenvalue weighted by atomic mass is 16.6. The van der Waals surface area contributed by atoms with E-state index in [4.69, 9.17) is 15.2 Å². The molecule has 3 aromatic rings. The van der Waals surface area contributed by atoms with E-state index >= 15 is 0 Å². The van der Waals surface area contributed by atoms with Crippen molar-refractivity contribution >= 4 is 23.0 Å². The number of imidazole rings is 1. The molecule has 0 radical (unpaired) electrons. The number of aromatic nitrogens is 4. The number of nitrogens with zero attached hydrogens (tertiary/aromatic N) is 4. The minimum Gasteiger partial charge on any atom is -0.451 e. The van der Waals surface area contributed by atoms with Gasteiger partial charge in [-0.3, -0.25) is 4.57 Å². The van der Waals surface area contributed by atoms with Gasteiger partial charge in [-0.2, -0.15) is 0 Å². The number of aliphatic hydroxyl groups excluding tert-OH is 1. The zero-order chi connectivity index (χ0) is 19.0. The van der Waals surface area contributed by atoms with Crippen LogP contribution in [0.2, 0.25) is 0 Å². The Bertz CT molecular complexity index is 961. The fourth-order valence-electron chi connectivity index (χ4n) is 3.23. The quantitative estimate of drug-likeness (QED) is 0.659. The van der Waals surface area contributed by atoms with Crippen LogP contribution < -0.4 is 5.73 Å². The average Bonchev–Trinajstić information content (AvgIpc) is 3.25. The van der Waals surface area contributed by atoms with Crippen LogP contribution in [0.15, 0.2) is 43.0 Å². The first-order valence-corrected chi connectivity index (χ1v) is 8.62. The van der Waals surface area contributed by atoms with Crippen LogP contribution in [0.1, 0.15) is 29.9 Å². The van der Waals surface area contributed by atoms with Gasteiger partial charge < -0.3 is 20.3 Å². The Morgan fingerprint density at radius 1 is 1.30 bits per heavy atom. The molecule has 4 atom stereocenters. The maximum Gasteiger partial charge on any atom is 0.338 e. The zero-order valence-electron chi connectivity index (χ0n) is 14.6. The largest absolute Gasteiger partial charge is 0.451 e. The summed E-state index contributed by atoms with van der Waals surface area (Å²) in [5.41, 5.74) is 7.09. The molecule has 1 aliphatic rings. The number of anilines is 1. The molecule has 1 aliphatic heterocycles. The van der Waals surface area contributed by atoms with Crippen molar-refractivity contribution in [1.82, 2.24) is 19.5 Å². The fraction of sp³-hybridized carbons (Fsp3) is 0.333. The van der Waals surface area contributed by atoms with Gasteiger partial charge in [-0.05, 0) is 18.6 Å². The van der Waals surface area contributed by atoms with Crippen molar-refractivity contribution in [1.29, 1.82) is 0 Å². The van der Waals surface area contributed by atoms with Crippen molar-refractivity contribution in [2.24, 2.45) is 0 Å². The first kappa shape index (κ1) is 17.4. The minimum absolute atomic E-state index is 0.238. The summed E-state index contributed by atoms with van der Waals surface area (Å²) < 4.78 is 13.2. The van der Waals surface area contributed by atoms with Crippen LogP contribution in [0.3, 0.4) is 0 Å². The molecule has 3 N–H and O–H groups in total. The SMILES string of the molecule is CC[C@H]1O[C@@H](n2cnc3c(N)ncnc32)[C@@H](OC(=O)c2ccccc2)C1O. The number of hydrogen-bond donors (Lipinski definition) is 2. The molecule has 1 fully saturated rings. The topological polar surface area (TPSA) is 125 Å². The third-order valence-electron chi connectivity index (χ3n) is 4.63. The number of carbonyl (C=O) groups excluding carboxylic acids is 1. The number of rotatable bonds is 4. The van der Waals surface area contributed by atoms with Crippen LogP contribution in [0.5, 0.6) is 0 Å². The highest BCUT2D eigenvalue weighted by Crippen LogP contribution is 2.35. The summed E-state index contributed by atoms with van der Waals surface area (Å²) in [6.07, 6.45) is 0.205. The molecule has 1 saturated heterocycles. The van der Waals surface area contributed by atoms with Gasteiger partial charge in [0.15, 0.2) is 23.8 Å². The van der Waals surface area contributed by atoms with E-state index in [2.05, 4.69) is 15.0 Å². The van der Waals surface area contributed by atoms with E-state index in [9.17, 15) is 9.90 Å². The van der Waals surface area contributed by atoms with E-state index in [1.165, 1.54) is 12.7 Å². The maximum absolute atomic E-state index is 12.5. The Hall–Kier alpha value is -3.04. The molecule has 0 aliphatic carbocycles. The smallest absolute Gasteiger partial charge is 0.338 e. The molecule has 140 valence electrons. The standard InChI is InChI=1S/C18H19N5O4/c1-2-11-13(24)14(27-18(25)10-6-4-3-5-7-10)17(26-11)23-9-22-12-15(19)20-8-21-16(12)23/h3-9,11,13-14,17,24H,2H2,1H3,(H2,19,20,21)/t11-,13?,14+,17-/m1/s1. The number of ether oxygens (including phenoxy) is 2. The normalized spacial score (nSPS) is 25.0. The van der Waals surface area contributed by atoms with Gasteiger partial charge in [-0.15, -0.1) is 0 Å². The van der Waals surface area contributed by atoms with E-state index in [0.717, 1.165) is 0 Å². The lowest BCUT2D eigenvalue weighted by Crippen LogP contribution is -2.35. The van der Waals surface area contributed by atoms with Crippen LogP contribution in [0.4, 0.5) is 5.82 Å². The average molecular weight is 369 g/mol. The lowest BCUT2D eigenvalue weighted by molar-refractivity contribution is -0.0478. The van der Waals surface area contributed by atoms with Crippen LogP contribution >= 0.6 is 0 Å². The van der Waals surface area contributed by atoms with Crippen LogP contribution in [0, 0.1) is 0 Å². The summed E-state index contributed by atoms with van der Waals surface area (Å²) in [6, 6.07) is 8.60. The number of nitrogen functional groups attached to an aromatic ring is 1. The first-order valence-electron chi connectivity index (χ1n) is 8.62. The molecule has 4 rings (SSSR count). The summed E-state index contributed by atoms with van der Waals surface area (Å²) in [7, 11) is 0. The van der Waals surface area contributed by atoms with Crippen LogP contribution in [-0.2, 0) is 9.47 Å². The zero-order valence-corrected chi connectivity index (χ0v) is 14.6. The molecule has 0 spiro atoms. The van der Waals surface area contributed by atoms with Crippen molar-refractivity contribution in [2.75, 3.05) is 5.73 Å².